The molecule has 0 aliphatic rings. The van der Waals surface area contributed by atoms with Crippen LogP contribution in [0.4, 0.5) is 5.69 Å². The first kappa shape index (κ1) is 8.37. The third-order valence-electron chi connectivity index (χ3n) is 1.56. The summed E-state index contributed by atoms with van der Waals surface area (Å²) in [7, 11) is 0. The Bertz CT molecular complexity index is 248. The zero-order valence-corrected chi connectivity index (χ0v) is 6.93. The van der Waals surface area contributed by atoms with Crippen LogP contribution in [-0.4, -0.2) is 6.54 Å². The number of hydrogen-bond acceptors (Lipinski definition) is 2. The van der Waals surface area contributed by atoms with E-state index < -0.39 is 0 Å². The molecule has 0 heterocycles. The maximum Gasteiger partial charge on any atom is 0.0638 e. The summed E-state index contributed by atoms with van der Waals surface area (Å²) in [6.45, 7) is 0.602. The third-order valence-corrected chi connectivity index (χ3v) is 1.89. The van der Waals surface area contributed by atoms with Gasteiger partial charge in [-0.25, -0.2) is 0 Å². The minimum atomic E-state index is 0.602. The number of anilines is 1. The predicted molar refractivity (Wildman–Crippen MR) is 48.6 cm³/mol. The van der Waals surface area contributed by atoms with Crippen LogP contribution < -0.4 is 11.5 Å². The van der Waals surface area contributed by atoms with Gasteiger partial charge in [0.15, 0.2) is 0 Å². The highest BCUT2D eigenvalue weighted by Gasteiger charge is 2.00. The van der Waals surface area contributed by atoms with Crippen LogP contribution in [0.1, 0.15) is 5.56 Å². The molecule has 0 saturated carbocycles. The number of halogens is 1. The van der Waals surface area contributed by atoms with E-state index in [2.05, 4.69) is 0 Å². The standard InChI is InChI=1S/C8H11ClN2/c9-7-3-1-2-6(4-5-10)8(7)11/h1-3H,4-5,10-11H2. The second kappa shape index (κ2) is 3.60. The van der Waals surface area contributed by atoms with Crippen molar-refractivity contribution >= 4 is 17.3 Å². The van der Waals surface area contributed by atoms with Crippen LogP contribution in [0.3, 0.4) is 0 Å². The van der Waals surface area contributed by atoms with Crippen molar-refractivity contribution in [2.24, 2.45) is 5.73 Å². The molecule has 60 valence electrons. The van der Waals surface area contributed by atoms with Crippen molar-refractivity contribution in [2.75, 3.05) is 12.3 Å². The molecule has 0 saturated heterocycles. The van der Waals surface area contributed by atoms with E-state index in [-0.39, 0.29) is 0 Å². The van der Waals surface area contributed by atoms with Gasteiger partial charge in [0.05, 0.1) is 10.7 Å². The molecule has 1 rings (SSSR count). The summed E-state index contributed by atoms with van der Waals surface area (Å²) in [5, 5.41) is 0.607. The molecule has 0 unspecified atom stereocenters. The van der Waals surface area contributed by atoms with Gasteiger partial charge in [-0.1, -0.05) is 23.7 Å². The number of para-hydroxylation sites is 1. The van der Waals surface area contributed by atoms with E-state index in [1.54, 1.807) is 6.07 Å². The summed E-state index contributed by atoms with van der Waals surface area (Å²) in [6, 6.07) is 5.59. The van der Waals surface area contributed by atoms with Crippen LogP contribution in [0.5, 0.6) is 0 Å². The lowest BCUT2D eigenvalue weighted by molar-refractivity contribution is 0.971. The molecule has 0 spiro atoms. The summed E-state index contributed by atoms with van der Waals surface area (Å²) in [5.74, 6) is 0. The van der Waals surface area contributed by atoms with Crippen molar-refractivity contribution in [2.45, 2.75) is 6.42 Å². The molecule has 0 atom stereocenters. The van der Waals surface area contributed by atoms with Gasteiger partial charge in [0.2, 0.25) is 0 Å². The molecule has 1 aromatic carbocycles. The molecule has 0 bridgehead atoms. The van der Waals surface area contributed by atoms with Crippen molar-refractivity contribution in [1.29, 1.82) is 0 Å². The highest BCUT2D eigenvalue weighted by Crippen LogP contribution is 2.22. The van der Waals surface area contributed by atoms with Crippen LogP contribution in [0.25, 0.3) is 0 Å². The lowest BCUT2D eigenvalue weighted by Gasteiger charge is -2.04. The molecule has 0 radical (unpaired) electrons. The number of rotatable bonds is 2. The fourth-order valence-electron chi connectivity index (χ4n) is 0.955. The minimum Gasteiger partial charge on any atom is -0.397 e. The highest BCUT2D eigenvalue weighted by molar-refractivity contribution is 6.33. The van der Waals surface area contributed by atoms with E-state index >= 15 is 0 Å². The van der Waals surface area contributed by atoms with E-state index in [0.29, 0.717) is 17.3 Å². The summed E-state index contributed by atoms with van der Waals surface area (Å²) in [4.78, 5) is 0. The van der Waals surface area contributed by atoms with Gasteiger partial charge in [0.1, 0.15) is 0 Å². The van der Waals surface area contributed by atoms with E-state index in [4.69, 9.17) is 23.1 Å². The zero-order valence-electron chi connectivity index (χ0n) is 6.18. The van der Waals surface area contributed by atoms with E-state index in [9.17, 15) is 0 Å². The fourth-order valence-corrected chi connectivity index (χ4v) is 1.15. The van der Waals surface area contributed by atoms with Gasteiger partial charge in [-0.05, 0) is 24.6 Å². The molecular formula is C8H11ClN2. The molecule has 0 fully saturated rings. The maximum absolute atomic E-state index is 5.78. The lowest BCUT2D eigenvalue weighted by atomic mass is 10.1. The Morgan fingerprint density at radius 1 is 1.36 bits per heavy atom. The number of benzene rings is 1. The summed E-state index contributed by atoms with van der Waals surface area (Å²) in [6.07, 6.45) is 0.784. The van der Waals surface area contributed by atoms with Crippen LogP contribution in [0.15, 0.2) is 18.2 Å². The lowest BCUT2D eigenvalue weighted by Crippen LogP contribution is -2.05. The van der Waals surface area contributed by atoms with Crippen LogP contribution in [0, 0.1) is 0 Å². The Kier molecular flexibility index (Phi) is 2.74. The van der Waals surface area contributed by atoms with Gasteiger partial charge in [-0.3, -0.25) is 0 Å². The van der Waals surface area contributed by atoms with Gasteiger partial charge in [0.25, 0.3) is 0 Å². The largest absolute Gasteiger partial charge is 0.397 e. The van der Waals surface area contributed by atoms with Crippen molar-refractivity contribution in [3.63, 3.8) is 0 Å². The van der Waals surface area contributed by atoms with Crippen LogP contribution in [-0.2, 0) is 6.42 Å². The topological polar surface area (TPSA) is 52.0 Å². The Labute approximate surface area is 71.1 Å². The first-order chi connectivity index (χ1) is 5.25. The Morgan fingerprint density at radius 3 is 2.73 bits per heavy atom. The molecule has 0 aliphatic heterocycles. The molecule has 1 aromatic rings. The average Bonchev–Trinajstić information content (AvgIpc) is 1.99. The van der Waals surface area contributed by atoms with Crippen molar-refractivity contribution in [3.05, 3.63) is 28.8 Å². The third kappa shape index (κ3) is 1.85. The van der Waals surface area contributed by atoms with E-state index in [1.165, 1.54) is 0 Å². The first-order valence-corrected chi connectivity index (χ1v) is 3.86. The molecule has 4 N–H and O–H groups in total. The van der Waals surface area contributed by atoms with Gasteiger partial charge in [-0.2, -0.15) is 0 Å². The van der Waals surface area contributed by atoms with Gasteiger partial charge in [0, 0.05) is 0 Å². The Balaban J connectivity index is 2.96. The van der Waals surface area contributed by atoms with E-state index in [0.717, 1.165) is 12.0 Å². The number of hydrogen-bond donors (Lipinski definition) is 2. The second-order valence-electron chi connectivity index (χ2n) is 2.35. The smallest absolute Gasteiger partial charge is 0.0638 e. The van der Waals surface area contributed by atoms with Gasteiger partial charge in [-0.15, -0.1) is 0 Å². The minimum absolute atomic E-state index is 0.602. The van der Waals surface area contributed by atoms with E-state index in [1.807, 2.05) is 12.1 Å². The summed E-state index contributed by atoms with van der Waals surface area (Å²) in [5.41, 5.74) is 12.7. The van der Waals surface area contributed by atoms with Crippen molar-refractivity contribution < 1.29 is 0 Å². The zero-order chi connectivity index (χ0) is 8.27. The predicted octanol–water partition coefficient (Wildman–Crippen LogP) is 1.42. The fraction of sp³-hybridized carbons (Fsp3) is 0.250. The normalized spacial score (nSPS) is 10.0. The van der Waals surface area contributed by atoms with Crippen LogP contribution in [0.2, 0.25) is 5.02 Å². The summed E-state index contributed by atoms with van der Waals surface area (Å²) >= 11 is 5.78. The first-order valence-electron chi connectivity index (χ1n) is 3.48. The average molecular weight is 171 g/mol. The molecule has 3 heteroatoms. The van der Waals surface area contributed by atoms with Crippen molar-refractivity contribution in [1.82, 2.24) is 0 Å². The second-order valence-corrected chi connectivity index (χ2v) is 2.76. The monoisotopic (exact) mass is 170 g/mol. The molecule has 0 aliphatic carbocycles. The van der Waals surface area contributed by atoms with Crippen LogP contribution >= 0.6 is 11.6 Å². The maximum atomic E-state index is 5.78. The number of nitrogens with two attached hydrogens (primary N) is 2. The summed E-state index contributed by atoms with van der Waals surface area (Å²) < 4.78 is 0. The van der Waals surface area contributed by atoms with Gasteiger partial charge < -0.3 is 11.5 Å². The molecule has 2 nitrogen and oxygen atoms in total. The Morgan fingerprint density at radius 2 is 2.09 bits per heavy atom. The quantitative estimate of drug-likeness (QED) is 0.660. The molecule has 11 heavy (non-hydrogen) atoms. The SMILES string of the molecule is NCCc1cccc(Cl)c1N. The molecular weight excluding hydrogens is 160 g/mol. The highest BCUT2D eigenvalue weighted by atomic mass is 35.5. The Hall–Kier alpha value is -0.730. The molecule has 0 amide bonds. The molecule has 0 aromatic heterocycles. The van der Waals surface area contributed by atoms with Gasteiger partial charge >= 0.3 is 0 Å². The van der Waals surface area contributed by atoms with Crippen molar-refractivity contribution in [3.8, 4) is 0 Å². The number of nitrogen functional groups attached to an aromatic ring is 1.